The third-order valence-corrected chi connectivity index (χ3v) is 3.18. The van der Waals surface area contributed by atoms with E-state index < -0.39 is 23.7 Å². The molecular weight excluding hydrogens is 338 g/mol. The van der Waals surface area contributed by atoms with Gasteiger partial charge in [0.25, 0.3) is 0 Å². The smallest absolute Gasteiger partial charge is 0.408 e. The van der Waals surface area contributed by atoms with Crippen molar-refractivity contribution in [1.82, 2.24) is 5.32 Å². The Kier molecular flexibility index (Phi) is 7.78. The minimum atomic E-state index is -0.929. The summed E-state index contributed by atoms with van der Waals surface area (Å²) in [5.41, 5.74) is 0.00497. The maximum atomic E-state index is 12.0. The maximum absolute atomic E-state index is 12.0. The van der Waals surface area contributed by atoms with Crippen molar-refractivity contribution in [2.24, 2.45) is 0 Å². The van der Waals surface area contributed by atoms with E-state index in [9.17, 15) is 9.59 Å². The predicted octanol–water partition coefficient (Wildman–Crippen LogP) is 2.32. The Labute approximate surface area is 154 Å². The topological polar surface area (TPSA) is 83.1 Å². The van der Waals surface area contributed by atoms with Gasteiger partial charge in [-0.25, -0.2) is 9.59 Å². The number of esters is 1. The van der Waals surface area contributed by atoms with Gasteiger partial charge in [0.1, 0.15) is 29.7 Å². The van der Waals surface area contributed by atoms with Crippen LogP contribution in [-0.2, 0) is 20.7 Å². The number of ether oxygens (including phenoxy) is 4. The summed E-state index contributed by atoms with van der Waals surface area (Å²) < 4.78 is 20.6. The number of methoxy groups -OCH3 is 2. The van der Waals surface area contributed by atoms with Crippen LogP contribution in [0.2, 0.25) is 0 Å². The van der Waals surface area contributed by atoms with Crippen molar-refractivity contribution in [3.63, 3.8) is 0 Å². The summed E-state index contributed by atoms with van der Waals surface area (Å²) in [6.07, 6.45) is 4.62. The number of nitrogens with one attached hydrogen (secondary N) is 1. The second kappa shape index (κ2) is 9.56. The van der Waals surface area contributed by atoms with Crippen molar-refractivity contribution < 1.29 is 28.5 Å². The van der Waals surface area contributed by atoms with Gasteiger partial charge in [0.05, 0.1) is 14.2 Å². The molecule has 1 aromatic carbocycles. The zero-order chi connectivity index (χ0) is 19.7. The number of amides is 1. The molecule has 0 radical (unpaired) electrons. The highest BCUT2D eigenvalue weighted by Crippen LogP contribution is 2.26. The summed E-state index contributed by atoms with van der Waals surface area (Å²) in [6, 6.07) is 4.17. The van der Waals surface area contributed by atoms with E-state index in [1.807, 2.05) is 0 Å². The first-order valence-electron chi connectivity index (χ1n) is 8.00. The van der Waals surface area contributed by atoms with E-state index in [0.29, 0.717) is 17.1 Å². The SMILES string of the molecule is C#CCOc1ccc(C[C@H](NC(=O)OC(C)(C)C)C(=O)OC)c(OC)c1. The molecule has 7 nitrogen and oxygen atoms in total. The monoisotopic (exact) mass is 363 g/mol. The van der Waals surface area contributed by atoms with E-state index in [1.54, 1.807) is 39.0 Å². The molecule has 0 bridgehead atoms. The van der Waals surface area contributed by atoms with Crippen molar-refractivity contribution in [2.45, 2.75) is 38.8 Å². The molecule has 0 saturated carbocycles. The van der Waals surface area contributed by atoms with Gasteiger partial charge in [-0.05, 0) is 32.4 Å². The Morgan fingerprint density at radius 1 is 1.27 bits per heavy atom. The largest absolute Gasteiger partial charge is 0.496 e. The standard InChI is InChI=1S/C19H25NO6/c1-7-10-25-14-9-8-13(16(12-14)23-5)11-15(17(21)24-6)20-18(22)26-19(2,3)4/h1,8-9,12,15H,10-11H2,2-6H3,(H,20,22)/t15-/m0/s1. The van der Waals surface area contributed by atoms with Gasteiger partial charge in [-0.15, -0.1) is 6.42 Å². The van der Waals surface area contributed by atoms with E-state index in [2.05, 4.69) is 11.2 Å². The van der Waals surface area contributed by atoms with E-state index in [4.69, 9.17) is 25.4 Å². The highest BCUT2D eigenvalue weighted by molar-refractivity contribution is 5.81. The van der Waals surface area contributed by atoms with Crippen LogP contribution in [0.1, 0.15) is 26.3 Å². The molecule has 0 unspecified atom stereocenters. The lowest BCUT2D eigenvalue weighted by Gasteiger charge is -2.23. The molecule has 26 heavy (non-hydrogen) atoms. The van der Waals surface area contributed by atoms with Gasteiger partial charge in [0.15, 0.2) is 0 Å². The quantitative estimate of drug-likeness (QED) is 0.591. The summed E-state index contributed by atoms with van der Waals surface area (Å²) in [6.45, 7) is 5.33. The lowest BCUT2D eigenvalue weighted by molar-refractivity contribution is -0.143. The van der Waals surface area contributed by atoms with Gasteiger partial charge >= 0.3 is 12.1 Å². The van der Waals surface area contributed by atoms with E-state index in [0.717, 1.165) is 0 Å². The summed E-state index contributed by atoms with van der Waals surface area (Å²) in [7, 11) is 2.75. The first kappa shape index (κ1) is 21.2. The second-order valence-corrected chi connectivity index (χ2v) is 6.39. The number of benzene rings is 1. The summed E-state index contributed by atoms with van der Waals surface area (Å²) in [5.74, 6) is 2.82. The van der Waals surface area contributed by atoms with Gasteiger partial charge in [-0.3, -0.25) is 0 Å². The molecule has 1 aromatic rings. The van der Waals surface area contributed by atoms with Crippen LogP contribution in [0, 0.1) is 12.3 Å². The number of alkyl carbamates (subject to hydrolysis) is 1. The fourth-order valence-electron chi connectivity index (χ4n) is 2.11. The Morgan fingerprint density at radius 3 is 2.50 bits per heavy atom. The molecule has 0 saturated heterocycles. The van der Waals surface area contributed by atoms with E-state index in [-0.39, 0.29) is 13.0 Å². The summed E-state index contributed by atoms with van der Waals surface area (Å²) in [5, 5.41) is 2.52. The van der Waals surface area contributed by atoms with Gasteiger partial charge < -0.3 is 24.3 Å². The Bertz CT molecular complexity index is 672. The van der Waals surface area contributed by atoms with Crippen molar-refractivity contribution in [3.05, 3.63) is 23.8 Å². The van der Waals surface area contributed by atoms with Crippen LogP contribution in [0.5, 0.6) is 11.5 Å². The molecule has 142 valence electrons. The van der Waals surface area contributed by atoms with Crippen LogP contribution in [0.4, 0.5) is 4.79 Å². The Balaban J connectivity index is 2.95. The molecule has 0 heterocycles. The minimum Gasteiger partial charge on any atom is -0.496 e. The molecular formula is C19H25NO6. The molecule has 0 fully saturated rings. The maximum Gasteiger partial charge on any atom is 0.408 e. The van der Waals surface area contributed by atoms with Crippen LogP contribution in [-0.4, -0.2) is 44.5 Å². The fraction of sp³-hybridized carbons (Fsp3) is 0.474. The molecule has 0 aromatic heterocycles. The number of carbonyl (C=O) groups is 2. The van der Waals surface area contributed by atoms with Crippen molar-refractivity contribution in [2.75, 3.05) is 20.8 Å². The number of rotatable bonds is 7. The lowest BCUT2D eigenvalue weighted by Crippen LogP contribution is -2.45. The molecule has 1 amide bonds. The van der Waals surface area contributed by atoms with Crippen LogP contribution in [0.15, 0.2) is 18.2 Å². The Morgan fingerprint density at radius 2 is 1.96 bits per heavy atom. The Hall–Kier alpha value is -2.88. The highest BCUT2D eigenvalue weighted by Gasteiger charge is 2.26. The van der Waals surface area contributed by atoms with Gasteiger partial charge in [0, 0.05) is 12.5 Å². The molecule has 0 spiro atoms. The molecule has 0 aliphatic carbocycles. The molecule has 7 heteroatoms. The summed E-state index contributed by atoms with van der Waals surface area (Å²) in [4.78, 5) is 24.0. The number of hydrogen-bond donors (Lipinski definition) is 1. The van der Waals surface area contributed by atoms with Crippen LogP contribution < -0.4 is 14.8 Å². The van der Waals surface area contributed by atoms with Gasteiger partial charge in [0.2, 0.25) is 0 Å². The van der Waals surface area contributed by atoms with Crippen LogP contribution in [0.25, 0.3) is 0 Å². The molecule has 1 rings (SSSR count). The summed E-state index contributed by atoms with van der Waals surface area (Å²) >= 11 is 0. The molecule has 0 aliphatic rings. The minimum absolute atomic E-state index is 0.132. The van der Waals surface area contributed by atoms with Crippen molar-refractivity contribution >= 4 is 12.1 Å². The van der Waals surface area contributed by atoms with Gasteiger partial charge in [-0.1, -0.05) is 12.0 Å². The van der Waals surface area contributed by atoms with Crippen LogP contribution >= 0.6 is 0 Å². The first-order chi connectivity index (χ1) is 12.2. The van der Waals surface area contributed by atoms with Gasteiger partial charge in [-0.2, -0.15) is 0 Å². The third kappa shape index (κ3) is 6.93. The normalized spacial score (nSPS) is 11.7. The van der Waals surface area contributed by atoms with Crippen LogP contribution in [0.3, 0.4) is 0 Å². The molecule has 1 atom stereocenters. The number of hydrogen-bond acceptors (Lipinski definition) is 6. The molecule has 1 N–H and O–H groups in total. The second-order valence-electron chi connectivity index (χ2n) is 6.39. The van der Waals surface area contributed by atoms with Crippen molar-refractivity contribution in [3.8, 4) is 23.8 Å². The first-order valence-corrected chi connectivity index (χ1v) is 8.00. The zero-order valence-corrected chi connectivity index (χ0v) is 15.8. The number of terminal acetylenes is 1. The highest BCUT2D eigenvalue weighted by atomic mass is 16.6. The zero-order valence-electron chi connectivity index (χ0n) is 15.8. The lowest BCUT2D eigenvalue weighted by atomic mass is 10.0. The van der Waals surface area contributed by atoms with Crippen molar-refractivity contribution in [1.29, 1.82) is 0 Å². The predicted molar refractivity (Wildman–Crippen MR) is 96.2 cm³/mol. The third-order valence-electron chi connectivity index (χ3n) is 3.18. The van der Waals surface area contributed by atoms with E-state index in [1.165, 1.54) is 14.2 Å². The van der Waals surface area contributed by atoms with E-state index >= 15 is 0 Å². The number of carbonyl (C=O) groups excluding carboxylic acids is 2. The fourth-order valence-corrected chi connectivity index (χ4v) is 2.11. The average molecular weight is 363 g/mol. The molecule has 0 aliphatic heterocycles. The average Bonchev–Trinajstić information content (AvgIpc) is 2.57.